The third-order valence-electron chi connectivity index (χ3n) is 2.24. The molecule has 0 heterocycles. The van der Waals surface area contributed by atoms with E-state index in [1.807, 2.05) is 0 Å². The molecule has 2 nitrogen and oxygen atoms in total. The van der Waals surface area contributed by atoms with Crippen LogP contribution < -0.4 is 0 Å². The Hall–Kier alpha value is -0.530. The van der Waals surface area contributed by atoms with Crippen molar-refractivity contribution in [2.45, 2.75) is 25.7 Å². The maximum atomic E-state index is 10.5. The number of carbonyl (C=O) groups is 1. The van der Waals surface area contributed by atoms with Crippen LogP contribution in [0.15, 0.2) is 0 Å². The van der Waals surface area contributed by atoms with Gasteiger partial charge in [0.1, 0.15) is 0 Å². The predicted molar refractivity (Wildman–Crippen MR) is 33.9 cm³/mol. The van der Waals surface area contributed by atoms with E-state index in [1.165, 1.54) is 0 Å². The lowest BCUT2D eigenvalue weighted by molar-refractivity contribution is -0.154. The number of carboxylic acids is 1. The monoisotopic (exact) mass is 127 g/mol. The van der Waals surface area contributed by atoms with Gasteiger partial charge in [-0.3, -0.25) is 4.79 Å². The van der Waals surface area contributed by atoms with Crippen molar-refractivity contribution < 1.29 is 9.90 Å². The highest BCUT2D eigenvalue weighted by Crippen LogP contribution is 2.43. The SMILES string of the molecule is [CH2]CC1(C(=O)O)CCC1. The summed E-state index contributed by atoms with van der Waals surface area (Å²) in [7, 11) is 0. The van der Waals surface area contributed by atoms with Crippen LogP contribution >= 0.6 is 0 Å². The molecule has 0 spiro atoms. The van der Waals surface area contributed by atoms with Crippen molar-refractivity contribution in [1.82, 2.24) is 0 Å². The Morgan fingerprint density at radius 2 is 2.22 bits per heavy atom. The minimum atomic E-state index is -0.663. The van der Waals surface area contributed by atoms with Gasteiger partial charge in [-0.05, 0) is 19.3 Å². The van der Waals surface area contributed by atoms with Crippen LogP contribution in [0.2, 0.25) is 0 Å². The van der Waals surface area contributed by atoms with E-state index < -0.39 is 11.4 Å². The van der Waals surface area contributed by atoms with Gasteiger partial charge in [0.15, 0.2) is 0 Å². The van der Waals surface area contributed by atoms with Crippen molar-refractivity contribution in [2.24, 2.45) is 5.41 Å². The van der Waals surface area contributed by atoms with E-state index in [9.17, 15) is 4.79 Å². The molecule has 1 saturated carbocycles. The van der Waals surface area contributed by atoms with Crippen molar-refractivity contribution >= 4 is 5.97 Å². The Kier molecular flexibility index (Phi) is 1.47. The summed E-state index contributed by atoms with van der Waals surface area (Å²) in [5.41, 5.74) is -0.431. The molecule has 1 N–H and O–H groups in total. The topological polar surface area (TPSA) is 37.3 Å². The average Bonchev–Trinajstić information content (AvgIpc) is 1.62. The first-order valence-corrected chi connectivity index (χ1v) is 3.24. The molecule has 0 aromatic carbocycles. The molecule has 9 heavy (non-hydrogen) atoms. The molecule has 1 radical (unpaired) electrons. The van der Waals surface area contributed by atoms with Crippen LogP contribution in [0.25, 0.3) is 0 Å². The Bertz CT molecular complexity index is 119. The Morgan fingerprint density at radius 3 is 2.22 bits per heavy atom. The summed E-state index contributed by atoms with van der Waals surface area (Å²) < 4.78 is 0. The smallest absolute Gasteiger partial charge is 0.309 e. The first kappa shape index (κ1) is 6.59. The van der Waals surface area contributed by atoms with Gasteiger partial charge in [0, 0.05) is 0 Å². The first-order chi connectivity index (χ1) is 4.21. The fourth-order valence-electron chi connectivity index (χ4n) is 1.17. The summed E-state index contributed by atoms with van der Waals surface area (Å²) >= 11 is 0. The number of carboxylic acid groups (broad SMARTS) is 1. The number of aliphatic carboxylic acids is 1. The molecular formula is C7H11O2. The summed E-state index contributed by atoms with van der Waals surface area (Å²) in [5.74, 6) is -0.663. The number of hydrogen-bond donors (Lipinski definition) is 1. The molecule has 0 amide bonds. The second-order valence-electron chi connectivity index (χ2n) is 2.69. The third kappa shape index (κ3) is 0.824. The summed E-state index contributed by atoms with van der Waals surface area (Å²) in [6.45, 7) is 3.62. The lowest BCUT2D eigenvalue weighted by Gasteiger charge is -2.36. The Balaban J connectivity index is 2.57. The molecule has 1 rings (SSSR count). The minimum Gasteiger partial charge on any atom is -0.481 e. The van der Waals surface area contributed by atoms with Crippen molar-refractivity contribution in [3.8, 4) is 0 Å². The van der Waals surface area contributed by atoms with E-state index in [2.05, 4.69) is 6.92 Å². The summed E-state index contributed by atoms with van der Waals surface area (Å²) in [6, 6.07) is 0. The van der Waals surface area contributed by atoms with Gasteiger partial charge in [-0.25, -0.2) is 0 Å². The Morgan fingerprint density at radius 1 is 1.67 bits per heavy atom. The van der Waals surface area contributed by atoms with Gasteiger partial charge >= 0.3 is 5.97 Å². The maximum Gasteiger partial charge on any atom is 0.309 e. The largest absolute Gasteiger partial charge is 0.481 e. The summed E-state index contributed by atoms with van der Waals surface area (Å²) in [6.07, 6.45) is 3.25. The predicted octanol–water partition coefficient (Wildman–Crippen LogP) is 1.47. The normalized spacial score (nSPS) is 22.8. The van der Waals surface area contributed by atoms with E-state index in [0.29, 0.717) is 6.42 Å². The zero-order chi connectivity index (χ0) is 6.91. The molecular weight excluding hydrogens is 116 g/mol. The van der Waals surface area contributed by atoms with Crippen molar-refractivity contribution in [1.29, 1.82) is 0 Å². The van der Waals surface area contributed by atoms with Crippen LogP contribution in [-0.2, 0) is 4.79 Å². The highest BCUT2D eigenvalue weighted by molar-refractivity contribution is 5.75. The second-order valence-corrected chi connectivity index (χ2v) is 2.69. The van der Waals surface area contributed by atoms with Gasteiger partial charge < -0.3 is 5.11 Å². The fourth-order valence-corrected chi connectivity index (χ4v) is 1.17. The van der Waals surface area contributed by atoms with Crippen LogP contribution in [-0.4, -0.2) is 11.1 Å². The molecule has 0 atom stereocenters. The van der Waals surface area contributed by atoms with Gasteiger partial charge in [0.25, 0.3) is 0 Å². The minimum absolute atomic E-state index is 0.431. The van der Waals surface area contributed by atoms with Gasteiger partial charge in [-0.1, -0.05) is 13.3 Å². The highest BCUT2D eigenvalue weighted by atomic mass is 16.4. The molecule has 0 aliphatic heterocycles. The van der Waals surface area contributed by atoms with E-state index in [4.69, 9.17) is 5.11 Å². The first-order valence-electron chi connectivity index (χ1n) is 3.24. The fraction of sp³-hybridized carbons (Fsp3) is 0.714. The highest BCUT2D eigenvalue weighted by Gasteiger charge is 2.42. The van der Waals surface area contributed by atoms with E-state index in [1.54, 1.807) is 0 Å². The van der Waals surface area contributed by atoms with E-state index in [-0.39, 0.29) is 0 Å². The third-order valence-corrected chi connectivity index (χ3v) is 2.24. The standard InChI is InChI=1S/C7H11O2/c1-2-7(6(8)9)4-3-5-7/h1-5H2,(H,8,9). The zero-order valence-corrected chi connectivity index (χ0v) is 5.39. The molecule has 1 fully saturated rings. The van der Waals surface area contributed by atoms with Crippen LogP contribution in [0.3, 0.4) is 0 Å². The number of hydrogen-bond acceptors (Lipinski definition) is 1. The Labute approximate surface area is 54.9 Å². The quantitative estimate of drug-likeness (QED) is 0.609. The molecule has 1 aliphatic carbocycles. The molecule has 1 aliphatic rings. The van der Waals surface area contributed by atoms with Crippen molar-refractivity contribution in [2.75, 3.05) is 0 Å². The lowest BCUT2D eigenvalue weighted by Crippen LogP contribution is -2.37. The van der Waals surface area contributed by atoms with Crippen LogP contribution in [0.4, 0.5) is 0 Å². The van der Waals surface area contributed by atoms with Crippen LogP contribution in [0.1, 0.15) is 25.7 Å². The van der Waals surface area contributed by atoms with Crippen LogP contribution in [0, 0.1) is 12.3 Å². The maximum absolute atomic E-state index is 10.5. The van der Waals surface area contributed by atoms with Crippen molar-refractivity contribution in [3.63, 3.8) is 0 Å². The van der Waals surface area contributed by atoms with Gasteiger partial charge in [0.2, 0.25) is 0 Å². The zero-order valence-electron chi connectivity index (χ0n) is 5.39. The van der Waals surface area contributed by atoms with Gasteiger partial charge in [-0.2, -0.15) is 0 Å². The van der Waals surface area contributed by atoms with Crippen LogP contribution in [0.5, 0.6) is 0 Å². The average molecular weight is 127 g/mol. The summed E-state index contributed by atoms with van der Waals surface area (Å²) in [5, 5.41) is 8.64. The lowest BCUT2D eigenvalue weighted by atomic mass is 9.67. The molecule has 0 bridgehead atoms. The van der Waals surface area contributed by atoms with Crippen molar-refractivity contribution in [3.05, 3.63) is 6.92 Å². The van der Waals surface area contributed by atoms with E-state index >= 15 is 0 Å². The summed E-state index contributed by atoms with van der Waals surface area (Å²) in [4.78, 5) is 10.5. The second kappa shape index (κ2) is 2.01. The van der Waals surface area contributed by atoms with Gasteiger partial charge in [0.05, 0.1) is 5.41 Å². The van der Waals surface area contributed by atoms with E-state index in [0.717, 1.165) is 19.3 Å². The molecule has 51 valence electrons. The number of rotatable bonds is 2. The molecule has 0 saturated heterocycles. The van der Waals surface area contributed by atoms with Gasteiger partial charge in [-0.15, -0.1) is 0 Å². The molecule has 0 aromatic rings. The molecule has 0 aromatic heterocycles. The molecule has 0 unspecified atom stereocenters. The molecule has 2 heteroatoms.